The van der Waals surface area contributed by atoms with Gasteiger partial charge in [-0.2, -0.15) is 0 Å². The summed E-state index contributed by atoms with van der Waals surface area (Å²) in [5, 5.41) is 0. The maximum atomic E-state index is 12.8. The SMILES string of the molecule is Nc1cc(F)ccc1OCCN1CCCCC1. The summed E-state index contributed by atoms with van der Waals surface area (Å²) >= 11 is 0. The Kier molecular flexibility index (Phi) is 4.20. The molecule has 0 unspecified atom stereocenters. The largest absolute Gasteiger partial charge is 0.490 e. The van der Waals surface area contributed by atoms with Crippen molar-refractivity contribution in [2.24, 2.45) is 0 Å². The number of nitrogen functional groups attached to an aromatic ring is 1. The predicted molar refractivity (Wildman–Crippen MR) is 66.6 cm³/mol. The molecule has 0 aliphatic carbocycles. The molecule has 0 saturated carbocycles. The summed E-state index contributed by atoms with van der Waals surface area (Å²) in [7, 11) is 0. The maximum Gasteiger partial charge on any atom is 0.142 e. The van der Waals surface area contributed by atoms with E-state index in [-0.39, 0.29) is 5.82 Å². The third-order valence-corrected chi connectivity index (χ3v) is 3.09. The van der Waals surface area contributed by atoms with E-state index in [1.54, 1.807) is 6.07 Å². The van der Waals surface area contributed by atoms with Crippen LogP contribution in [0.2, 0.25) is 0 Å². The van der Waals surface area contributed by atoms with Crippen LogP contribution in [0.5, 0.6) is 5.75 Å². The summed E-state index contributed by atoms with van der Waals surface area (Å²) < 4.78 is 18.4. The first kappa shape index (κ1) is 12.2. The van der Waals surface area contributed by atoms with E-state index in [0.29, 0.717) is 18.0 Å². The van der Waals surface area contributed by atoms with Crippen LogP contribution in [-0.2, 0) is 0 Å². The molecule has 0 aromatic heterocycles. The van der Waals surface area contributed by atoms with Crippen LogP contribution in [0.25, 0.3) is 0 Å². The van der Waals surface area contributed by atoms with E-state index in [9.17, 15) is 4.39 Å². The van der Waals surface area contributed by atoms with E-state index in [1.165, 1.54) is 31.4 Å². The summed E-state index contributed by atoms with van der Waals surface area (Å²) in [6.45, 7) is 3.83. The Morgan fingerprint density at radius 1 is 1.24 bits per heavy atom. The zero-order valence-corrected chi connectivity index (χ0v) is 9.99. The average molecular weight is 238 g/mol. The first-order valence-electron chi connectivity index (χ1n) is 6.16. The molecule has 0 amide bonds. The number of ether oxygens (including phenoxy) is 1. The van der Waals surface area contributed by atoms with Gasteiger partial charge in [-0.15, -0.1) is 0 Å². The Morgan fingerprint density at radius 2 is 2.00 bits per heavy atom. The highest BCUT2D eigenvalue weighted by Gasteiger charge is 2.10. The molecule has 1 fully saturated rings. The molecule has 2 N–H and O–H groups in total. The van der Waals surface area contributed by atoms with Crippen LogP contribution in [0.15, 0.2) is 18.2 Å². The molecular formula is C13H19FN2O. The quantitative estimate of drug-likeness (QED) is 0.818. The van der Waals surface area contributed by atoms with Gasteiger partial charge in [0, 0.05) is 12.6 Å². The lowest BCUT2D eigenvalue weighted by atomic mass is 10.1. The van der Waals surface area contributed by atoms with E-state index in [4.69, 9.17) is 10.5 Å². The lowest BCUT2D eigenvalue weighted by Gasteiger charge is -2.26. The van der Waals surface area contributed by atoms with Crippen molar-refractivity contribution < 1.29 is 9.13 Å². The second-order valence-electron chi connectivity index (χ2n) is 4.43. The summed E-state index contributed by atoms with van der Waals surface area (Å²) in [5.41, 5.74) is 6.03. The van der Waals surface area contributed by atoms with Crippen LogP contribution >= 0.6 is 0 Å². The number of hydrogen-bond acceptors (Lipinski definition) is 3. The standard InChI is InChI=1S/C13H19FN2O/c14-11-4-5-13(12(15)10-11)17-9-8-16-6-2-1-3-7-16/h4-5,10H,1-3,6-9,15H2. The van der Waals surface area contributed by atoms with E-state index in [2.05, 4.69) is 4.90 Å². The summed E-state index contributed by atoms with van der Waals surface area (Å²) in [5.74, 6) is 0.245. The van der Waals surface area contributed by atoms with Crippen LogP contribution in [0, 0.1) is 5.82 Å². The second-order valence-corrected chi connectivity index (χ2v) is 4.43. The average Bonchev–Trinajstić information content (AvgIpc) is 2.33. The molecule has 0 bridgehead atoms. The lowest BCUT2D eigenvalue weighted by molar-refractivity contribution is 0.184. The number of nitrogens with zero attached hydrogens (tertiary/aromatic N) is 1. The van der Waals surface area contributed by atoms with Crippen LogP contribution < -0.4 is 10.5 Å². The zero-order chi connectivity index (χ0) is 12.1. The molecule has 1 aliphatic heterocycles. The highest BCUT2D eigenvalue weighted by atomic mass is 19.1. The van der Waals surface area contributed by atoms with Gasteiger partial charge in [-0.3, -0.25) is 4.90 Å². The fourth-order valence-corrected chi connectivity index (χ4v) is 2.12. The molecule has 0 spiro atoms. The van der Waals surface area contributed by atoms with E-state index in [0.717, 1.165) is 19.6 Å². The second kappa shape index (κ2) is 5.87. The molecule has 0 atom stereocenters. The van der Waals surface area contributed by atoms with Gasteiger partial charge < -0.3 is 10.5 Å². The monoisotopic (exact) mass is 238 g/mol. The predicted octanol–water partition coefficient (Wildman–Crippen LogP) is 2.27. The van der Waals surface area contributed by atoms with Crippen molar-refractivity contribution in [3.63, 3.8) is 0 Å². The molecular weight excluding hydrogens is 219 g/mol. The maximum absolute atomic E-state index is 12.8. The molecule has 1 heterocycles. The molecule has 1 saturated heterocycles. The van der Waals surface area contributed by atoms with Gasteiger partial charge in [0.1, 0.15) is 18.2 Å². The lowest BCUT2D eigenvalue weighted by Crippen LogP contribution is -2.33. The van der Waals surface area contributed by atoms with Gasteiger partial charge in [0.25, 0.3) is 0 Å². The van der Waals surface area contributed by atoms with Crippen molar-refractivity contribution >= 4 is 5.69 Å². The first-order chi connectivity index (χ1) is 8.25. The number of piperidine rings is 1. The molecule has 1 aromatic carbocycles. The molecule has 0 radical (unpaired) electrons. The molecule has 3 nitrogen and oxygen atoms in total. The van der Waals surface area contributed by atoms with Crippen molar-refractivity contribution in [1.82, 2.24) is 4.90 Å². The summed E-state index contributed by atoms with van der Waals surface area (Å²) in [6.07, 6.45) is 3.89. The van der Waals surface area contributed by atoms with Crippen molar-refractivity contribution in [3.8, 4) is 5.75 Å². The molecule has 17 heavy (non-hydrogen) atoms. The number of hydrogen-bond donors (Lipinski definition) is 1. The highest BCUT2D eigenvalue weighted by Crippen LogP contribution is 2.21. The Hall–Kier alpha value is -1.29. The fourth-order valence-electron chi connectivity index (χ4n) is 2.12. The topological polar surface area (TPSA) is 38.5 Å². The van der Waals surface area contributed by atoms with Gasteiger partial charge in [0.15, 0.2) is 0 Å². The normalized spacial score (nSPS) is 17.0. The minimum Gasteiger partial charge on any atom is -0.490 e. The molecule has 1 aromatic rings. The Bertz CT molecular complexity index is 364. The van der Waals surface area contributed by atoms with Crippen LogP contribution in [0.4, 0.5) is 10.1 Å². The van der Waals surface area contributed by atoms with Gasteiger partial charge >= 0.3 is 0 Å². The van der Waals surface area contributed by atoms with Crippen LogP contribution in [-0.4, -0.2) is 31.1 Å². The van der Waals surface area contributed by atoms with Gasteiger partial charge in [-0.25, -0.2) is 4.39 Å². The van der Waals surface area contributed by atoms with Crippen LogP contribution in [0.3, 0.4) is 0 Å². The molecule has 4 heteroatoms. The number of halogens is 1. The first-order valence-corrected chi connectivity index (χ1v) is 6.16. The van der Waals surface area contributed by atoms with Gasteiger partial charge in [-0.05, 0) is 38.1 Å². The smallest absolute Gasteiger partial charge is 0.142 e. The molecule has 94 valence electrons. The third-order valence-electron chi connectivity index (χ3n) is 3.09. The molecule has 2 rings (SSSR count). The Labute approximate surface area is 101 Å². The number of rotatable bonds is 4. The van der Waals surface area contributed by atoms with Gasteiger partial charge in [-0.1, -0.05) is 6.42 Å². The minimum atomic E-state index is -0.328. The molecule has 1 aliphatic rings. The number of anilines is 1. The summed E-state index contributed by atoms with van der Waals surface area (Å²) in [6, 6.07) is 4.24. The van der Waals surface area contributed by atoms with Crippen molar-refractivity contribution in [1.29, 1.82) is 0 Å². The van der Waals surface area contributed by atoms with Crippen molar-refractivity contribution in [3.05, 3.63) is 24.0 Å². The van der Waals surface area contributed by atoms with Gasteiger partial charge in [0.2, 0.25) is 0 Å². The Balaban J connectivity index is 1.77. The zero-order valence-electron chi connectivity index (χ0n) is 9.99. The number of nitrogens with two attached hydrogens (primary N) is 1. The van der Waals surface area contributed by atoms with Crippen molar-refractivity contribution in [2.75, 3.05) is 32.0 Å². The van der Waals surface area contributed by atoms with Gasteiger partial charge in [0.05, 0.1) is 5.69 Å². The van der Waals surface area contributed by atoms with Crippen LogP contribution in [0.1, 0.15) is 19.3 Å². The van der Waals surface area contributed by atoms with E-state index in [1.807, 2.05) is 0 Å². The van der Waals surface area contributed by atoms with Crippen molar-refractivity contribution in [2.45, 2.75) is 19.3 Å². The third kappa shape index (κ3) is 3.60. The highest BCUT2D eigenvalue weighted by molar-refractivity contribution is 5.52. The fraction of sp³-hybridized carbons (Fsp3) is 0.538. The summed E-state index contributed by atoms with van der Waals surface area (Å²) in [4.78, 5) is 2.39. The van der Waals surface area contributed by atoms with E-state index >= 15 is 0 Å². The Morgan fingerprint density at radius 3 is 2.71 bits per heavy atom. The number of benzene rings is 1. The minimum absolute atomic E-state index is 0.328. The number of likely N-dealkylation sites (tertiary alicyclic amines) is 1. The van der Waals surface area contributed by atoms with E-state index < -0.39 is 0 Å².